The zero-order chi connectivity index (χ0) is 9.42. The first-order chi connectivity index (χ1) is 6.22. The van der Waals surface area contributed by atoms with E-state index in [9.17, 15) is 4.39 Å². The SMILES string of the molecule is Fc1cc2c(CBr)csc2cc1Cl. The molecule has 0 aliphatic rings. The van der Waals surface area contributed by atoms with Gasteiger partial charge in [-0.2, -0.15) is 0 Å². The minimum absolute atomic E-state index is 0.190. The molecule has 68 valence electrons. The predicted octanol–water partition coefficient (Wildman–Crippen LogP) is 4.59. The lowest BCUT2D eigenvalue weighted by molar-refractivity contribution is 0.630. The molecule has 0 fully saturated rings. The molecule has 0 amide bonds. The van der Waals surface area contributed by atoms with Crippen molar-refractivity contribution in [2.45, 2.75) is 5.33 Å². The molecule has 0 aliphatic carbocycles. The van der Waals surface area contributed by atoms with Gasteiger partial charge in [0.05, 0.1) is 5.02 Å². The molecule has 0 atom stereocenters. The number of thiophene rings is 1. The second-order valence-electron chi connectivity index (χ2n) is 2.66. The fourth-order valence-corrected chi connectivity index (χ4v) is 3.07. The van der Waals surface area contributed by atoms with Gasteiger partial charge in [-0.05, 0) is 28.5 Å². The van der Waals surface area contributed by atoms with E-state index in [2.05, 4.69) is 15.9 Å². The molecule has 13 heavy (non-hydrogen) atoms. The molecule has 0 N–H and O–H groups in total. The lowest BCUT2D eigenvalue weighted by Gasteiger charge is -1.96. The van der Waals surface area contributed by atoms with E-state index in [1.54, 1.807) is 17.4 Å². The normalized spacial score (nSPS) is 11.0. The van der Waals surface area contributed by atoms with Gasteiger partial charge in [0.1, 0.15) is 5.82 Å². The summed E-state index contributed by atoms with van der Waals surface area (Å²) in [7, 11) is 0. The Balaban J connectivity index is 2.77. The van der Waals surface area contributed by atoms with Crippen LogP contribution in [0.4, 0.5) is 4.39 Å². The van der Waals surface area contributed by atoms with Crippen molar-refractivity contribution < 1.29 is 4.39 Å². The van der Waals surface area contributed by atoms with E-state index in [0.29, 0.717) is 0 Å². The van der Waals surface area contributed by atoms with Gasteiger partial charge >= 0.3 is 0 Å². The van der Waals surface area contributed by atoms with E-state index in [-0.39, 0.29) is 10.8 Å². The highest BCUT2D eigenvalue weighted by Gasteiger charge is 2.07. The van der Waals surface area contributed by atoms with Crippen LogP contribution in [-0.4, -0.2) is 0 Å². The van der Waals surface area contributed by atoms with Crippen molar-refractivity contribution in [1.82, 2.24) is 0 Å². The van der Waals surface area contributed by atoms with Crippen LogP contribution in [-0.2, 0) is 5.33 Å². The number of hydrogen-bond donors (Lipinski definition) is 0. The van der Waals surface area contributed by atoms with E-state index >= 15 is 0 Å². The lowest BCUT2D eigenvalue weighted by Crippen LogP contribution is -1.78. The van der Waals surface area contributed by atoms with Crippen LogP contribution >= 0.6 is 38.9 Å². The van der Waals surface area contributed by atoms with Gasteiger partial charge in [0.2, 0.25) is 0 Å². The summed E-state index contributed by atoms with van der Waals surface area (Å²) >= 11 is 10.6. The Hall–Kier alpha value is -0.120. The van der Waals surface area contributed by atoms with Crippen molar-refractivity contribution in [2.75, 3.05) is 0 Å². The minimum Gasteiger partial charge on any atom is -0.205 e. The Kier molecular flexibility index (Phi) is 2.58. The first-order valence-corrected chi connectivity index (χ1v) is 6.01. The molecule has 2 aromatic rings. The van der Waals surface area contributed by atoms with Crippen molar-refractivity contribution >= 4 is 49.0 Å². The minimum atomic E-state index is -0.352. The van der Waals surface area contributed by atoms with Crippen LogP contribution in [0.25, 0.3) is 10.1 Å². The first kappa shape index (κ1) is 9.44. The number of halogens is 3. The number of benzene rings is 1. The fourth-order valence-electron chi connectivity index (χ4n) is 1.18. The van der Waals surface area contributed by atoms with Gasteiger partial charge in [0, 0.05) is 10.0 Å². The molecule has 2 rings (SSSR count). The highest BCUT2D eigenvalue weighted by Crippen LogP contribution is 2.31. The van der Waals surface area contributed by atoms with Gasteiger partial charge in [-0.15, -0.1) is 11.3 Å². The van der Waals surface area contributed by atoms with Gasteiger partial charge in [0.15, 0.2) is 0 Å². The maximum atomic E-state index is 13.1. The molecule has 0 saturated carbocycles. The van der Waals surface area contributed by atoms with Gasteiger partial charge in [0.25, 0.3) is 0 Å². The molecule has 0 bridgehead atoms. The summed E-state index contributed by atoms with van der Waals surface area (Å²) in [6.07, 6.45) is 0. The highest BCUT2D eigenvalue weighted by molar-refractivity contribution is 9.08. The fraction of sp³-hybridized carbons (Fsp3) is 0.111. The van der Waals surface area contributed by atoms with Crippen molar-refractivity contribution in [3.8, 4) is 0 Å². The molecule has 0 spiro atoms. The van der Waals surface area contributed by atoms with Crippen LogP contribution in [0.5, 0.6) is 0 Å². The molecular weight excluding hydrogens is 275 g/mol. The van der Waals surface area contributed by atoms with Crippen LogP contribution in [0.15, 0.2) is 17.5 Å². The predicted molar refractivity (Wildman–Crippen MR) is 59.4 cm³/mol. The average molecular weight is 280 g/mol. The molecule has 0 aliphatic heterocycles. The number of alkyl halides is 1. The summed E-state index contributed by atoms with van der Waals surface area (Å²) in [5.74, 6) is -0.352. The third kappa shape index (κ3) is 1.60. The van der Waals surface area contributed by atoms with Crippen molar-refractivity contribution in [3.63, 3.8) is 0 Å². The van der Waals surface area contributed by atoms with Crippen molar-refractivity contribution in [3.05, 3.63) is 33.9 Å². The monoisotopic (exact) mass is 278 g/mol. The van der Waals surface area contributed by atoms with Crippen molar-refractivity contribution in [2.24, 2.45) is 0 Å². The molecule has 0 saturated heterocycles. The molecule has 1 aromatic carbocycles. The quantitative estimate of drug-likeness (QED) is 0.670. The van der Waals surface area contributed by atoms with E-state index in [1.165, 1.54) is 6.07 Å². The maximum absolute atomic E-state index is 13.1. The Morgan fingerprint density at radius 2 is 2.23 bits per heavy atom. The highest BCUT2D eigenvalue weighted by atomic mass is 79.9. The molecule has 0 nitrogen and oxygen atoms in total. The zero-order valence-electron chi connectivity index (χ0n) is 6.48. The number of rotatable bonds is 1. The third-order valence-electron chi connectivity index (χ3n) is 1.84. The van der Waals surface area contributed by atoms with Gasteiger partial charge in [-0.1, -0.05) is 27.5 Å². The van der Waals surface area contributed by atoms with Gasteiger partial charge < -0.3 is 0 Å². The van der Waals surface area contributed by atoms with Crippen LogP contribution < -0.4 is 0 Å². The van der Waals surface area contributed by atoms with Gasteiger partial charge in [-0.25, -0.2) is 4.39 Å². The Labute approximate surface area is 92.5 Å². The molecule has 0 radical (unpaired) electrons. The maximum Gasteiger partial charge on any atom is 0.142 e. The summed E-state index contributed by atoms with van der Waals surface area (Å²) in [6.45, 7) is 0. The summed E-state index contributed by atoms with van der Waals surface area (Å²) in [4.78, 5) is 0. The van der Waals surface area contributed by atoms with Crippen LogP contribution in [0.3, 0.4) is 0 Å². The van der Waals surface area contributed by atoms with E-state index in [1.807, 2.05) is 5.38 Å². The molecule has 0 unspecified atom stereocenters. The summed E-state index contributed by atoms with van der Waals surface area (Å²) in [6, 6.07) is 3.16. The molecule has 4 heteroatoms. The lowest BCUT2D eigenvalue weighted by atomic mass is 10.2. The second kappa shape index (κ2) is 3.56. The van der Waals surface area contributed by atoms with E-state index in [0.717, 1.165) is 21.0 Å². The zero-order valence-corrected chi connectivity index (χ0v) is 9.64. The number of hydrogen-bond acceptors (Lipinski definition) is 1. The Morgan fingerprint density at radius 3 is 2.92 bits per heavy atom. The van der Waals surface area contributed by atoms with Crippen molar-refractivity contribution in [1.29, 1.82) is 0 Å². The van der Waals surface area contributed by atoms with Gasteiger partial charge in [-0.3, -0.25) is 0 Å². The Morgan fingerprint density at radius 1 is 1.46 bits per heavy atom. The standard InChI is InChI=1S/C9H5BrClFS/c10-3-5-4-13-9-2-7(11)8(12)1-6(5)9/h1-2,4H,3H2. The van der Waals surface area contributed by atoms with Crippen LogP contribution in [0.1, 0.15) is 5.56 Å². The molecular formula is C9H5BrClFS. The Bertz CT molecular complexity index is 452. The van der Waals surface area contributed by atoms with Crippen LogP contribution in [0, 0.1) is 5.82 Å². The smallest absolute Gasteiger partial charge is 0.142 e. The number of fused-ring (bicyclic) bond motifs is 1. The largest absolute Gasteiger partial charge is 0.205 e. The third-order valence-corrected chi connectivity index (χ3v) is 3.73. The topological polar surface area (TPSA) is 0 Å². The summed E-state index contributed by atoms with van der Waals surface area (Å²) < 4.78 is 14.1. The van der Waals surface area contributed by atoms with E-state index < -0.39 is 0 Å². The summed E-state index contributed by atoms with van der Waals surface area (Å²) in [5.41, 5.74) is 1.11. The van der Waals surface area contributed by atoms with E-state index in [4.69, 9.17) is 11.6 Å². The average Bonchev–Trinajstić information content (AvgIpc) is 2.48. The molecule has 1 aromatic heterocycles. The first-order valence-electron chi connectivity index (χ1n) is 3.63. The van der Waals surface area contributed by atoms with Crippen LogP contribution in [0.2, 0.25) is 5.02 Å². The second-order valence-corrected chi connectivity index (χ2v) is 4.54. The molecule has 1 heterocycles. The summed E-state index contributed by atoms with van der Waals surface area (Å²) in [5, 5.41) is 3.89.